The lowest BCUT2D eigenvalue weighted by atomic mass is 9.83. The normalized spacial score (nSPS) is 23.6. The van der Waals surface area contributed by atoms with Crippen molar-refractivity contribution in [1.82, 2.24) is 0 Å². The van der Waals surface area contributed by atoms with Crippen LogP contribution in [0.2, 0.25) is 0 Å². The zero-order chi connectivity index (χ0) is 12.8. The maximum Gasteiger partial charge on any atom is 0.0949 e. The predicted molar refractivity (Wildman–Crippen MR) is 70.6 cm³/mol. The van der Waals surface area contributed by atoms with Crippen molar-refractivity contribution in [1.29, 1.82) is 0 Å². The van der Waals surface area contributed by atoms with Crippen LogP contribution >= 0.6 is 0 Å². The second kappa shape index (κ2) is 7.34. The van der Waals surface area contributed by atoms with Crippen LogP contribution in [0.1, 0.15) is 58.8 Å². The number of nitrogens with two attached hydrogens (primary N) is 1. The van der Waals surface area contributed by atoms with Crippen molar-refractivity contribution in [2.45, 2.75) is 77.0 Å². The molecule has 0 heterocycles. The molecule has 3 nitrogen and oxygen atoms in total. The Morgan fingerprint density at radius 2 is 1.71 bits per heavy atom. The first-order valence-electron chi connectivity index (χ1n) is 7.12. The van der Waals surface area contributed by atoms with E-state index in [1.165, 1.54) is 32.1 Å². The SMILES string of the molecule is CC(C)C[C@H](O)[C@H](O)C(N)CC1CCCCC1. The molecular formula is C14H29NO2. The zero-order valence-corrected chi connectivity index (χ0v) is 11.3. The van der Waals surface area contributed by atoms with Crippen molar-refractivity contribution in [3.05, 3.63) is 0 Å². The molecule has 3 heteroatoms. The summed E-state index contributed by atoms with van der Waals surface area (Å²) in [6, 6.07) is -0.271. The summed E-state index contributed by atoms with van der Waals surface area (Å²) in [4.78, 5) is 0. The minimum Gasteiger partial charge on any atom is -0.390 e. The molecule has 1 rings (SSSR count). The van der Waals surface area contributed by atoms with E-state index < -0.39 is 12.2 Å². The number of rotatable bonds is 6. The summed E-state index contributed by atoms with van der Waals surface area (Å²) < 4.78 is 0. The third-order valence-corrected chi connectivity index (χ3v) is 3.88. The lowest BCUT2D eigenvalue weighted by molar-refractivity contribution is -0.0117. The highest BCUT2D eigenvalue weighted by Gasteiger charge is 2.26. The molecule has 0 radical (unpaired) electrons. The van der Waals surface area contributed by atoms with Crippen LogP contribution in [0.3, 0.4) is 0 Å². The Kier molecular flexibility index (Phi) is 6.45. The maximum absolute atomic E-state index is 9.99. The van der Waals surface area contributed by atoms with Gasteiger partial charge in [0.1, 0.15) is 0 Å². The van der Waals surface area contributed by atoms with E-state index in [2.05, 4.69) is 0 Å². The van der Waals surface area contributed by atoms with E-state index in [1.54, 1.807) is 0 Å². The highest BCUT2D eigenvalue weighted by Crippen LogP contribution is 2.28. The summed E-state index contributed by atoms with van der Waals surface area (Å²) in [6.45, 7) is 4.09. The van der Waals surface area contributed by atoms with Crippen molar-refractivity contribution in [3.8, 4) is 0 Å². The van der Waals surface area contributed by atoms with Crippen LogP contribution in [0.25, 0.3) is 0 Å². The van der Waals surface area contributed by atoms with Crippen LogP contribution in [0.4, 0.5) is 0 Å². The molecular weight excluding hydrogens is 214 g/mol. The van der Waals surface area contributed by atoms with Crippen molar-refractivity contribution >= 4 is 0 Å². The zero-order valence-electron chi connectivity index (χ0n) is 11.3. The average Bonchev–Trinajstić information content (AvgIpc) is 2.28. The van der Waals surface area contributed by atoms with Crippen LogP contribution in [-0.4, -0.2) is 28.5 Å². The quantitative estimate of drug-likeness (QED) is 0.669. The van der Waals surface area contributed by atoms with Gasteiger partial charge in [0.25, 0.3) is 0 Å². The highest BCUT2D eigenvalue weighted by molar-refractivity contribution is 4.82. The lowest BCUT2D eigenvalue weighted by Crippen LogP contribution is -2.44. The summed E-state index contributed by atoms with van der Waals surface area (Å²) in [6.07, 6.45) is 6.44. The smallest absolute Gasteiger partial charge is 0.0949 e. The number of aliphatic hydroxyl groups is 2. The molecule has 0 spiro atoms. The molecule has 3 atom stereocenters. The molecule has 1 saturated carbocycles. The summed E-state index contributed by atoms with van der Waals surface area (Å²) in [5.41, 5.74) is 6.01. The van der Waals surface area contributed by atoms with E-state index in [1.807, 2.05) is 13.8 Å². The first-order valence-corrected chi connectivity index (χ1v) is 7.12. The molecule has 0 aromatic carbocycles. The second-order valence-electron chi connectivity index (χ2n) is 6.09. The van der Waals surface area contributed by atoms with Gasteiger partial charge in [0.05, 0.1) is 12.2 Å². The van der Waals surface area contributed by atoms with Gasteiger partial charge in [-0.2, -0.15) is 0 Å². The van der Waals surface area contributed by atoms with Gasteiger partial charge in [-0.3, -0.25) is 0 Å². The van der Waals surface area contributed by atoms with E-state index in [0.29, 0.717) is 18.3 Å². The minimum absolute atomic E-state index is 0.271. The van der Waals surface area contributed by atoms with Gasteiger partial charge in [-0.1, -0.05) is 46.0 Å². The van der Waals surface area contributed by atoms with Gasteiger partial charge >= 0.3 is 0 Å². The highest BCUT2D eigenvalue weighted by atomic mass is 16.3. The van der Waals surface area contributed by atoms with Gasteiger partial charge in [-0.25, -0.2) is 0 Å². The van der Waals surface area contributed by atoms with Gasteiger partial charge in [0.15, 0.2) is 0 Å². The van der Waals surface area contributed by atoms with Crippen LogP contribution in [-0.2, 0) is 0 Å². The van der Waals surface area contributed by atoms with Gasteiger partial charge in [-0.05, 0) is 24.7 Å². The van der Waals surface area contributed by atoms with Crippen molar-refractivity contribution in [2.75, 3.05) is 0 Å². The molecule has 1 aliphatic carbocycles. The molecule has 1 unspecified atom stereocenters. The van der Waals surface area contributed by atoms with Gasteiger partial charge < -0.3 is 15.9 Å². The minimum atomic E-state index is -0.765. The Morgan fingerprint density at radius 1 is 1.12 bits per heavy atom. The van der Waals surface area contributed by atoms with Gasteiger partial charge in [0, 0.05) is 6.04 Å². The Hall–Kier alpha value is -0.120. The third kappa shape index (κ3) is 5.36. The maximum atomic E-state index is 9.99. The molecule has 0 amide bonds. The number of hydrogen-bond acceptors (Lipinski definition) is 3. The van der Waals surface area contributed by atoms with Crippen LogP contribution in [0.5, 0.6) is 0 Å². The first-order chi connectivity index (χ1) is 8.00. The lowest BCUT2D eigenvalue weighted by Gasteiger charge is -2.29. The summed E-state index contributed by atoms with van der Waals surface area (Å²) in [5.74, 6) is 1.04. The van der Waals surface area contributed by atoms with Crippen LogP contribution in [0.15, 0.2) is 0 Å². The Labute approximate surface area is 105 Å². The summed E-state index contributed by atoms with van der Waals surface area (Å²) in [7, 11) is 0. The van der Waals surface area contributed by atoms with Crippen molar-refractivity contribution < 1.29 is 10.2 Å². The third-order valence-electron chi connectivity index (χ3n) is 3.88. The fraction of sp³-hybridized carbons (Fsp3) is 1.00. The monoisotopic (exact) mass is 243 g/mol. The van der Waals surface area contributed by atoms with E-state index in [4.69, 9.17) is 5.73 Å². The van der Waals surface area contributed by atoms with Gasteiger partial charge in [0.2, 0.25) is 0 Å². The standard InChI is InChI=1S/C14H29NO2/c1-10(2)8-13(16)14(17)12(15)9-11-6-4-3-5-7-11/h10-14,16-17H,3-9,15H2,1-2H3/t12?,13-,14+/m0/s1. The molecule has 102 valence electrons. The number of aliphatic hydroxyl groups excluding tert-OH is 2. The Morgan fingerprint density at radius 3 is 2.24 bits per heavy atom. The number of hydrogen-bond donors (Lipinski definition) is 3. The second-order valence-corrected chi connectivity index (χ2v) is 6.09. The Bertz CT molecular complexity index is 202. The molecule has 0 aromatic heterocycles. The molecule has 1 fully saturated rings. The van der Waals surface area contributed by atoms with Gasteiger partial charge in [-0.15, -0.1) is 0 Å². The predicted octanol–water partition coefficient (Wildman–Crippen LogP) is 2.05. The molecule has 0 saturated heterocycles. The largest absolute Gasteiger partial charge is 0.390 e. The fourth-order valence-electron chi connectivity index (χ4n) is 2.85. The van der Waals surface area contributed by atoms with E-state index in [9.17, 15) is 10.2 Å². The molecule has 17 heavy (non-hydrogen) atoms. The van der Waals surface area contributed by atoms with Crippen molar-refractivity contribution in [2.24, 2.45) is 17.6 Å². The van der Waals surface area contributed by atoms with Crippen LogP contribution < -0.4 is 5.73 Å². The molecule has 4 N–H and O–H groups in total. The first kappa shape index (κ1) is 14.9. The summed E-state index contributed by atoms with van der Waals surface area (Å²) in [5, 5.41) is 19.8. The molecule has 0 bridgehead atoms. The summed E-state index contributed by atoms with van der Waals surface area (Å²) >= 11 is 0. The van der Waals surface area contributed by atoms with E-state index in [0.717, 1.165) is 6.42 Å². The topological polar surface area (TPSA) is 66.5 Å². The Balaban J connectivity index is 2.31. The molecule has 0 aliphatic heterocycles. The van der Waals surface area contributed by atoms with Crippen LogP contribution in [0, 0.1) is 11.8 Å². The van der Waals surface area contributed by atoms with E-state index >= 15 is 0 Å². The van der Waals surface area contributed by atoms with Crippen molar-refractivity contribution in [3.63, 3.8) is 0 Å². The van der Waals surface area contributed by atoms with E-state index in [-0.39, 0.29) is 6.04 Å². The molecule has 0 aromatic rings. The fourth-order valence-corrected chi connectivity index (χ4v) is 2.85. The molecule has 1 aliphatic rings. The average molecular weight is 243 g/mol.